The number of benzene rings is 3. The molecule has 0 saturated heterocycles. The van der Waals surface area contributed by atoms with Gasteiger partial charge in [0, 0.05) is 26.4 Å². The molecule has 0 amide bonds. The lowest BCUT2D eigenvalue weighted by Crippen LogP contribution is -2.08. The largest absolute Gasteiger partial charge is 0.452 e. The smallest absolute Gasteiger partial charge is 0.416 e. The van der Waals surface area contributed by atoms with Crippen molar-refractivity contribution in [2.24, 2.45) is 0 Å². The molecule has 1 unspecified atom stereocenters. The number of alkyl halides is 3. The average Bonchev–Trinajstić information content (AvgIpc) is 3.11. The zero-order valence-corrected chi connectivity index (χ0v) is 17.4. The van der Waals surface area contributed by atoms with Crippen molar-refractivity contribution >= 4 is 39.2 Å². The zero-order chi connectivity index (χ0) is 22.2. The van der Waals surface area contributed by atoms with Gasteiger partial charge in [0.1, 0.15) is 5.58 Å². The van der Waals surface area contributed by atoms with Gasteiger partial charge >= 0.3 is 6.18 Å². The van der Waals surface area contributed by atoms with Crippen molar-refractivity contribution in [2.75, 3.05) is 0 Å². The van der Waals surface area contributed by atoms with E-state index in [1.165, 1.54) is 12.1 Å². The highest BCUT2D eigenvalue weighted by atomic mass is 35.5. The molecule has 3 aromatic carbocycles. The van der Waals surface area contributed by atoms with Gasteiger partial charge in [-0.15, -0.1) is 0 Å². The van der Waals surface area contributed by atoms with Crippen LogP contribution in [0.3, 0.4) is 0 Å². The summed E-state index contributed by atoms with van der Waals surface area (Å²) in [4.78, 5) is 13.1. The number of para-hydroxylation sites is 1. The number of furan rings is 1. The van der Waals surface area contributed by atoms with E-state index in [4.69, 9.17) is 16.0 Å². The Morgan fingerprint density at radius 3 is 2.39 bits per heavy atom. The van der Waals surface area contributed by atoms with Gasteiger partial charge in [-0.2, -0.15) is 13.2 Å². The fourth-order valence-electron chi connectivity index (χ4n) is 3.19. The summed E-state index contributed by atoms with van der Waals surface area (Å²) < 4.78 is 57.8. The summed E-state index contributed by atoms with van der Waals surface area (Å²) in [6, 6.07) is 17.5. The molecule has 1 heterocycles. The second kappa shape index (κ2) is 8.32. The number of halogens is 4. The quantitative estimate of drug-likeness (QED) is 0.312. The Hall–Kier alpha value is -2.90. The molecule has 0 radical (unpaired) electrons. The first kappa shape index (κ1) is 21.3. The van der Waals surface area contributed by atoms with Gasteiger partial charge in [0.15, 0.2) is 5.76 Å². The number of hydrogen-bond donors (Lipinski definition) is 0. The number of rotatable bonds is 5. The Balaban J connectivity index is 1.75. The molecule has 0 spiro atoms. The van der Waals surface area contributed by atoms with Crippen LogP contribution < -0.4 is 0 Å². The summed E-state index contributed by atoms with van der Waals surface area (Å²) in [6.07, 6.45) is -4.54. The third kappa shape index (κ3) is 4.43. The first-order valence-electron chi connectivity index (χ1n) is 9.10. The van der Waals surface area contributed by atoms with Crippen LogP contribution in [0.4, 0.5) is 13.2 Å². The van der Waals surface area contributed by atoms with Crippen LogP contribution in [0.2, 0.25) is 5.02 Å². The lowest BCUT2D eigenvalue weighted by molar-refractivity contribution is -0.137. The minimum Gasteiger partial charge on any atom is -0.452 e. The van der Waals surface area contributed by atoms with Crippen LogP contribution in [0.1, 0.15) is 27.2 Å². The van der Waals surface area contributed by atoms with Crippen molar-refractivity contribution in [3.63, 3.8) is 0 Å². The van der Waals surface area contributed by atoms with E-state index >= 15 is 0 Å². The van der Waals surface area contributed by atoms with Gasteiger partial charge in [0.05, 0.1) is 22.1 Å². The van der Waals surface area contributed by atoms with Crippen molar-refractivity contribution < 1.29 is 26.6 Å². The summed E-state index contributed by atoms with van der Waals surface area (Å²) in [7, 11) is -1.83. The predicted molar refractivity (Wildman–Crippen MR) is 113 cm³/mol. The SMILES string of the molecule is O=C(c1ccc(Cl)cc1)c1oc2ccccc2c1CS(=O)c1cccc(C(F)(F)F)c1. The Kier molecular flexibility index (Phi) is 5.73. The summed E-state index contributed by atoms with van der Waals surface area (Å²) in [6.45, 7) is 0. The number of carbonyl (C=O) groups excluding carboxylic acids is 1. The predicted octanol–water partition coefficient (Wildman–Crippen LogP) is 6.64. The maximum Gasteiger partial charge on any atom is 0.416 e. The van der Waals surface area contributed by atoms with Crippen LogP contribution in [0, 0.1) is 0 Å². The molecule has 0 saturated carbocycles. The summed E-state index contributed by atoms with van der Waals surface area (Å²) in [5, 5.41) is 1.05. The molecule has 4 aromatic rings. The Morgan fingerprint density at radius 1 is 0.968 bits per heavy atom. The molecule has 0 fully saturated rings. The highest BCUT2D eigenvalue weighted by Crippen LogP contribution is 2.33. The minimum atomic E-state index is -4.54. The molecule has 1 atom stereocenters. The summed E-state index contributed by atoms with van der Waals surface area (Å²) in [5.41, 5.74) is 0.254. The molecule has 1 aromatic heterocycles. The zero-order valence-electron chi connectivity index (χ0n) is 15.8. The fraction of sp³-hybridized carbons (Fsp3) is 0.0870. The molecular formula is C23H14ClF3O3S. The molecule has 8 heteroatoms. The lowest BCUT2D eigenvalue weighted by atomic mass is 10.0. The first-order valence-corrected chi connectivity index (χ1v) is 10.8. The van der Waals surface area contributed by atoms with Gasteiger partial charge in [0.2, 0.25) is 5.78 Å². The monoisotopic (exact) mass is 462 g/mol. The second-order valence-electron chi connectivity index (χ2n) is 6.76. The molecule has 3 nitrogen and oxygen atoms in total. The van der Waals surface area contributed by atoms with E-state index in [-0.39, 0.29) is 16.4 Å². The summed E-state index contributed by atoms with van der Waals surface area (Å²) in [5.74, 6) is -0.597. The molecule has 158 valence electrons. The van der Waals surface area contributed by atoms with Crippen molar-refractivity contribution in [1.29, 1.82) is 0 Å². The molecule has 4 rings (SSSR count). The molecule has 0 bridgehead atoms. The van der Waals surface area contributed by atoms with Crippen molar-refractivity contribution in [3.8, 4) is 0 Å². The van der Waals surface area contributed by atoms with E-state index in [2.05, 4.69) is 0 Å². The van der Waals surface area contributed by atoms with Crippen molar-refractivity contribution in [3.05, 3.63) is 100 Å². The van der Waals surface area contributed by atoms with Gasteiger partial charge < -0.3 is 4.42 Å². The fourth-order valence-corrected chi connectivity index (χ4v) is 4.52. The van der Waals surface area contributed by atoms with Crippen LogP contribution in [0.5, 0.6) is 0 Å². The second-order valence-corrected chi connectivity index (χ2v) is 8.64. The van der Waals surface area contributed by atoms with Crippen molar-refractivity contribution in [2.45, 2.75) is 16.8 Å². The first-order chi connectivity index (χ1) is 14.7. The van der Waals surface area contributed by atoms with E-state index in [1.807, 2.05) is 0 Å². The number of ketones is 1. The topological polar surface area (TPSA) is 47.3 Å². The van der Waals surface area contributed by atoms with Crippen LogP contribution >= 0.6 is 11.6 Å². The highest BCUT2D eigenvalue weighted by molar-refractivity contribution is 7.84. The Labute approximate surface area is 182 Å². The molecule has 0 aliphatic carbocycles. The van der Waals surface area contributed by atoms with E-state index in [9.17, 15) is 22.2 Å². The van der Waals surface area contributed by atoms with Gasteiger partial charge in [-0.25, -0.2) is 0 Å². The van der Waals surface area contributed by atoms with Gasteiger partial charge in [0.25, 0.3) is 0 Å². The standard InChI is InChI=1S/C23H14ClF3O3S/c24-16-10-8-14(9-11-16)21(28)22-19(18-6-1-2-7-20(18)30-22)13-31(29)17-5-3-4-15(12-17)23(25,26)27/h1-12H,13H2. The number of hydrogen-bond acceptors (Lipinski definition) is 3. The van der Waals surface area contributed by atoms with E-state index < -0.39 is 28.3 Å². The highest BCUT2D eigenvalue weighted by Gasteiger charge is 2.31. The molecule has 0 N–H and O–H groups in total. The third-order valence-corrected chi connectivity index (χ3v) is 6.29. The minimum absolute atomic E-state index is 0.00356. The summed E-state index contributed by atoms with van der Waals surface area (Å²) >= 11 is 5.88. The van der Waals surface area contributed by atoms with Crippen LogP contribution in [0.25, 0.3) is 11.0 Å². The van der Waals surface area contributed by atoms with Crippen LogP contribution in [0.15, 0.2) is 82.1 Å². The number of fused-ring (bicyclic) bond motifs is 1. The maximum atomic E-state index is 13.1. The van der Waals surface area contributed by atoms with Gasteiger partial charge in [-0.1, -0.05) is 35.9 Å². The number of carbonyl (C=O) groups is 1. The lowest BCUT2D eigenvalue weighted by Gasteiger charge is -2.09. The van der Waals surface area contributed by atoms with Gasteiger partial charge in [-0.3, -0.25) is 9.00 Å². The van der Waals surface area contributed by atoms with Crippen molar-refractivity contribution in [1.82, 2.24) is 0 Å². The maximum absolute atomic E-state index is 13.1. The van der Waals surface area contributed by atoms with E-state index in [0.717, 1.165) is 12.1 Å². The Morgan fingerprint density at radius 2 is 1.68 bits per heavy atom. The molecule has 0 aliphatic heterocycles. The third-order valence-electron chi connectivity index (χ3n) is 4.71. The van der Waals surface area contributed by atoms with Crippen LogP contribution in [-0.4, -0.2) is 9.99 Å². The normalized spacial score (nSPS) is 12.8. The molecule has 31 heavy (non-hydrogen) atoms. The van der Waals surface area contributed by atoms with Crippen LogP contribution in [-0.2, 0) is 22.7 Å². The van der Waals surface area contributed by atoms with Gasteiger partial charge in [-0.05, 0) is 48.5 Å². The molecular weight excluding hydrogens is 449 g/mol. The molecule has 0 aliphatic rings. The Bertz CT molecular complexity index is 1290. The van der Waals surface area contributed by atoms with E-state index in [0.29, 0.717) is 27.1 Å². The average molecular weight is 463 g/mol. The van der Waals surface area contributed by atoms with E-state index in [1.54, 1.807) is 48.5 Å².